The Kier molecular flexibility index (Phi) is 16.3. The monoisotopic (exact) mass is 846 g/mol. The molecule has 0 heterocycles. The van der Waals surface area contributed by atoms with Crippen molar-refractivity contribution in [1.82, 2.24) is 21.3 Å². The molecule has 8 aromatic carbocycles. The Labute approximate surface area is 375 Å². The van der Waals surface area contributed by atoms with Crippen LogP contribution in [0, 0.1) is 0 Å². The molecule has 0 aliphatic carbocycles. The highest BCUT2D eigenvalue weighted by molar-refractivity contribution is 6.08. The first-order chi connectivity index (χ1) is 31.4. The summed E-state index contributed by atoms with van der Waals surface area (Å²) in [6.45, 7) is 4.00. The number of hydrogen-bond acceptors (Lipinski definition) is 4. The minimum atomic E-state index is -0.777. The minimum absolute atomic E-state index is 0.244. The van der Waals surface area contributed by atoms with E-state index < -0.39 is 12.1 Å². The van der Waals surface area contributed by atoms with E-state index in [2.05, 4.69) is 21.3 Å². The molecule has 8 aromatic rings. The zero-order valence-electron chi connectivity index (χ0n) is 36.6. The molecule has 0 fully saturated rings. The van der Waals surface area contributed by atoms with Gasteiger partial charge >= 0.3 is 0 Å². The number of likely N-dealkylation sites (N-methyl/N-ethyl adjacent to an activating group) is 2. The molecule has 0 saturated carbocycles. The van der Waals surface area contributed by atoms with Gasteiger partial charge < -0.3 is 21.3 Å². The summed E-state index contributed by atoms with van der Waals surface area (Å²) in [5.41, 5.74) is 4.91. The summed E-state index contributed by atoms with van der Waals surface area (Å²) in [5.74, 6) is -1.70. The van der Waals surface area contributed by atoms with Crippen LogP contribution in [0.15, 0.2) is 206 Å². The van der Waals surface area contributed by atoms with Gasteiger partial charge in [-0.25, -0.2) is 0 Å². The normalized spacial score (nSPS) is 11.5. The highest BCUT2D eigenvalue weighted by Crippen LogP contribution is 2.31. The van der Waals surface area contributed by atoms with Crippen molar-refractivity contribution in [2.24, 2.45) is 0 Å². The van der Waals surface area contributed by atoms with Crippen molar-refractivity contribution in [3.8, 4) is 0 Å². The first kappa shape index (κ1) is 45.7. The van der Waals surface area contributed by atoms with Crippen molar-refractivity contribution in [1.29, 1.82) is 0 Å². The molecule has 8 rings (SSSR count). The molecule has 0 aromatic heterocycles. The first-order valence-corrected chi connectivity index (χ1v) is 21.6. The summed E-state index contributed by atoms with van der Waals surface area (Å²) in [6, 6.07) is 64.4. The van der Waals surface area contributed by atoms with Crippen LogP contribution in [0.3, 0.4) is 0 Å². The molecule has 0 saturated heterocycles. The van der Waals surface area contributed by atoms with Crippen LogP contribution in [0.1, 0.15) is 68.7 Å². The quantitative estimate of drug-likeness (QED) is 0.0980. The van der Waals surface area contributed by atoms with Crippen molar-refractivity contribution in [3.63, 3.8) is 0 Å². The van der Waals surface area contributed by atoms with Gasteiger partial charge in [0.2, 0.25) is 11.8 Å². The fraction of sp³-hybridized carbons (Fsp3) is 0.143. The molecule has 0 aliphatic heterocycles. The minimum Gasteiger partial charge on any atom is -0.357 e. The summed E-state index contributed by atoms with van der Waals surface area (Å²) in [7, 11) is 3.18. The Bertz CT molecular complexity index is 2670. The van der Waals surface area contributed by atoms with E-state index in [0.717, 1.165) is 43.8 Å². The number of fused-ring (bicyclic) bond motifs is 2. The molecule has 64 heavy (non-hydrogen) atoms. The largest absolute Gasteiger partial charge is 0.357 e. The molecule has 0 aliphatic rings. The fourth-order valence-corrected chi connectivity index (χ4v) is 7.91. The summed E-state index contributed by atoms with van der Waals surface area (Å²) in [4.78, 5) is 52.5. The second kappa shape index (κ2) is 22.8. The van der Waals surface area contributed by atoms with E-state index in [0.29, 0.717) is 11.1 Å². The molecule has 322 valence electrons. The Morgan fingerprint density at radius 2 is 0.750 bits per heavy atom. The highest BCUT2D eigenvalue weighted by Gasteiger charge is 2.33. The van der Waals surface area contributed by atoms with Crippen LogP contribution in [0.25, 0.3) is 21.5 Å². The van der Waals surface area contributed by atoms with E-state index in [1.54, 1.807) is 26.2 Å². The third-order valence-electron chi connectivity index (χ3n) is 11.0. The lowest BCUT2D eigenvalue weighted by atomic mass is 9.84. The SMILES string of the molecule is CC.CNC(=O)[C@@H](NC(=O)c1ccc2ccccc2c1)C(c1ccccc1)c1ccccc1.CNC(=O)[C@@H](NC(=O)c1cccc2ccccc12)C(c1ccccc1)c1ccccc1. The van der Waals surface area contributed by atoms with Gasteiger partial charge in [0.05, 0.1) is 0 Å². The highest BCUT2D eigenvalue weighted by atomic mass is 16.2. The first-order valence-electron chi connectivity index (χ1n) is 21.6. The number of hydrogen-bond donors (Lipinski definition) is 4. The average molecular weight is 847 g/mol. The zero-order chi connectivity index (χ0) is 45.3. The lowest BCUT2D eigenvalue weighted by molar-refractivity contribution is -0.123. The molecular weight excluding hydrogens is 793 g/mol. The number of benzene rings is 8. The number of rotatable bonds is 12. The molecule has 4 amide bonds. The Morgan fingerprint density at radius 1 is 0.375 bits per heavy atom. The Hall–Kier alpha value is -7.84. The van der Waals surface area contributed by atoms with Crippen molar-refractivity contribution in [3.05, 3.63) is 240 Å². The van der Waals surface area contributed by atoms with Crippen LogP contribution in [-0.2, 0) is 9.59 Å². The second-order valence-electron chi connectivity index (χ2n) is 14.8. The van der Waals surface area contributed by atoms with E-state index in [-0.39, 0.29) is 35.5 Å². The van der Waals surface area contributed by atoms with Gasteiger partial charge in [0, 0.05) is 37.1 Å². The summed E-state index contributed by atoms with van der Waals surface area (Å²) in [5, 5.41) is 15.3. The van der Waals surface area contributed by atoms with Gasteiger partial charge in [-0.05, 0) is 62.0 Å². The predicted molar refractivity (Wildman–Crippen MR) is 259 cm³/mol. The lowest BCUT2D eigenvalue weighted by Gasteiger charge is -2.28. The van der Waals surface area contributed by atoms with Gasteiger partial charge in [0.1, 0.15) is 12.1 Å². The third-order valence-corrected chi connectivity index (χ3v) is 11.0. The number of carbonyl (C=O) groups excluding carboxylic acids is 4. The van der Waals surface area contributed by atoms with E-state index in [1.165, 1.54) is 0 Å². The van der Waals surface area contributed by atoms with E-state index in [1.807, 2.05) is 208 Å². The summed E-state index contributed by atoms with van der Waals surface area (Å²) in [6.07, 6.45) is 0. The van der Waals surface area contributed by atoms with E-state index in [4.69, 9.17) is 0 Å². The summed E-state index contributed by atoms with van der Waals surface area (Å²) >= 11 is 0. The topological polar surface area (TPSA) is 116 Å². The molecule has 0 radical (unpaired) electrons. The molecule has 0 unspecified atom stereocenters. The fourth-order valence-electron chi connectivity index (χ4n) is 7.91. The van der Waals surface area contributed by atoms with Gasteiger partial charge in [-0.15, -0.1) is 0 Å². The number of carbonyl (C=O) groups is 4. The lowest BCUT2D eigenvalue weighted by Crippen LogP contribution is -2.49. The van der Waals surface area contributed by atoms with Gasteiger partial charge in [-0.3, -0.25) is 19.2 Å². The number of amides is 4. The van der Waals surface area contributed by atoms with Crippen molar-refractivity contribution >= 4 is 45.2 Å². The second-order valence-corrected chi connectivity index (χ2v) is 14.8. The van der Waals surface area contributed by atoms with Gasteiger partial charge in [0.25, 0.3) is 11.8 Å². The molecule has 8 heteroatoms. The van der Waals surface area contributed by atoms with Crippen LogP contribution >= 0.6 is 0 Å². The third kappa shape index (κ3) is 11.2. The van der Waals surface area contributed by atoms with Crippen LogP contribution in [0.5, 0.6) is 0 Å². The van der Waals surface area contributed by atoms with Crippen LogP contribution in [-0.4, -0.2) is 49.8 Å². The smallest absolute Gasteiger partial charge is 0.252 e. The Balaban J connectivity index is 0.000000205. The van der Waals surface area contributed by atoms with Crippen LogP contribution in [0.2, 0.25) is 0 Å². The van der Waals surface area contributed by atoms with Gasteiger partial charge in [-0.2, -0.15) is 0 Å². The van der Waals surface area contributed by atoms with Crippen molar-refractivity contribution in [2.45, 2.75) is 37.8 Å². The summed E-state index contributed by atoms with van der Waals surface area (Å²) < 4.78 is 0. The number of nitrogens with one attached hydrogen (secondary N) is 4. The maximum absolute atomic E-state index is 13.4. The molecule has 0 bridgehead atoms. The standard InChI is InChI=1S/2C27H24N2O2.C2H6/c1-28-27(31)25(24(20-12-4-2-5-13-20)21-14-6-3-7-15-21)29-26(30)23-18-10-16-19-11-8-9-17-22(19)23;1-28-27(31)25(24(20-11-4-2-5-12-20)21-13-6-3-7-14-21)29-26(30)23-17-16-19-10-8-9-15-22(19)18-23;1-2/h2*2-18,24-25H,1H3,(H,28,31)(H,29,30);1-2H3/t2*25-;/m00./s1. The van der Waals surface area contributed by atoms with Crippen molar-refractivity contribution in [2.75, 3.05) is 14.1 Å². The molecule has 8 nitrogen and oxygen atoms in total. The van der Waals surface area contributed by atoms with Crippen molar-refractivity contribution < 1.29 is 19.2 Å². The van der Waals surface area contributed by atoms with Gasteiger partial charge in [0.15, 0.2) is 0 Å². The average Bonchev–Trinajstić information content (AvgIpc) is 3.37. The maximum atomic E-state index is 13.4. The Morgan fingerprint density at radius 3 is 1.20 bits per heavy atom. The van der Waals surface area contributed by atoms with E-state index in [9.17, 15) is 19.2 Å². The maximum Gasteiger partial charge on any atom is 0.252 e. The molecular formula is C56H54N4O4. The molecule has 0 spiro atoms. The van der Waals surface area contributed by atoms with Crippen LogP contribution in [0.4, 0.5) is 0 Å². The molecule has 4 N–H and O–H groups in total. The van der Waals surface area contributed by atoms with Crippen LogP contribution < -0.4 is 21.3 Å². The predicted octanol–water partition coefficient (Wildman–Crippen LogP) is 10.1. The zero-order valence-corrected chi connectivity index (χ0v) is 36.6. The molecule has 2 atom stereocenters. The van der Waals surface area contributed by atoms with E-state index >= 15 is 0 Å². The van der Waals surface area contributed by atoms with Gasteiger partial charge in [-0.1, -0.05) is 202 Å².